The minimum absolute atomic E-state index is 0.0236. The lowest BCUT2D eigenvalue weighted by molar-refractivity contribution is -0.136. The van der Waals surface area contributed by atoms with E-state index >= 15 is 0 Å². The Morgan fingerprint density at radius 2 is 1.18 bits per heavy atom. The molecule has 1 aliphatic rings. The van der Waals surface area contributed by atoms with E-state index in [1.165, 1.54) is 27.8 Å². The number of aliphatic hydroxyl groups is 2. The van der Waals surface area contributed by atoms with Crippen LogP contribution in [0.5, 0.6) is 0 Å². The highest BCUT2D eigenvalue weighted by atomic mass is 35.5. The number of carbonyl (C=O) groups excluding carboxylic acids is 11. The number of ketones is 4. The molecule has 3 rings (SSSR count). The van der Waals surface area contributed by atoms with E-state index in [9.17, 15) is 63.0 Å². The Kier molecular flexibility index (Phi) is 35.9. The Labute approximate surface area is 516 Å². The van der Waals surface area contributed by atoms with E-state index in [-0.39, 0.29) is 114 Å². The first-order chi connectivity index (χ1) is 41.2. The average Bonchev–Trinajstić information content (AvgIpc) is 3.04. The summed E-state index contributed by atoms with van der Waals surface area (Å²) in [5, 5.41) is 42.8. The Bertz CT molecular complexity index is 2560. The van der Waals surface area contributed by atoms with Crippen molar-refractivity contribution in [1.82, 2.24) is 42.5 Å². The van der Waals surface area contributed by atoms with Crippen molar-refractivity contribution in [3.8, 4) is 0 Å². The van der Waals surface area contributed by atoms with E-state index in [1.54, 1.807) is 48.5 Å². The fourth-order valence-electron chi connectivity index (χ4n) is 9.80. The van der Waals surface area contributed by atoms with Crippen LogP contribution in [-0.4, -0.2) is 169 Å². The molecule has 0 radical (unpaired) electrons. The number of benzene rings is 2. The van der Waals surface area contributed by atoms with E-state index < -0.39 is 132 Å². The van der Waals surface area contributed by atoms with Crippen molar-refractivity contribution in [2.75, 3.05) is 39.8 Å². The van der Waals surface area contributed by atoms with Crippen molar-refractivity contribution in [2.24, 2.45) is 46.6 Å². The molecule has 0 bridgehead atoms. The highest BCUT2D eigenvalue weighted by Crippen LogP contribution is 2.20. The molecule has 1 aliphatic heterocycles. The van der Waals surface area contributed by atoms with Crippen LogP contribution in [0, 0.1) is 23.7 Å². The predicted molar refractivity (Wildman–Crippen MR) is 330 cm³/mol. The molecule has 0 aromatic heterocycles. The van der Waals surface area contributed by atoms with Gasteiger partial charge in [-0.25, -0.2) is 0 Å². The highest BCUT2D eigenvalue weighted by Gasteiger charge is 2.36. The van der Waals surface area contributed by atoms with Crippen LogP contribution in [0.25, 0.3) is 0 Å². The van der Waals surface area contributed by atoms with Crippen molar-refractivity contribution in [3.63, 3.8) is 0 Å². The standard InChI is InChI=1S/C38H63N9O8.C23H34ClN3O5/c1-6-10-28-35(52)43-26(13-16-39)32(49)21-25(23(4)48)33(50)42-18-15-27(41-5)34(51)45-29(14-17-40)36(53)47-31(20-24-11-8-7-9-12-24)38(55)46-30(19-22(2)3)37(54)44-28;1-14(28)16(7-9-25)13-21(31)22(15(2)29)27-23(32)18(8-10-26)12-19(30)11-17-5-3-4-6-20(17)24/h7-9,11-12,22-23,25-31,41,48H,6,10,13-21,39-40H2,1-5H3,(H,42,50)(H,43,52)(H,44,54)(H,45,51)(H,46,55)(H,47,53);3-6,15-16,18,22,29H,7-13,25-26H2,1-2H3,(H,27,32). The molecule has 7 amide bonds. The highest BCUT2D eigenvalue weighted by molar-refractivity contribution is 6.31. The second kappa shape index (κ2) is 40.8. The first-order valence-corrected chi connectivity index (χ1v) is 30.4. The first kappa shape index (κ1) is 76.5. The number of hydrogen-bond acceptors (Lipinski definition) is 18. The molecule has 0 aliphatic carbocycles. The number of likely N-dealkylation sites (N-methyl/N-ethyl adjacent to an activating group) is 1. The number of aliphatic hydroxyl groups excluding tert-OH is 2. The van der Waals surface area contributed by atoms with E-state index in [0.717, 1.165) is 5.56 Å². The van der Waals surface area contributed by atoms with Crippen molar-refractivity contribution in [3.05, 3.63) is 70.7 Å². The summed E-state index contributed by atoms with van der Waals surface area (Å²) in [4.78, 5) is 145. The van der Waals surface area contributed by atoms with Crippen molar-refractivity contribution in [2.45, 2.75) is 180 Å². The summed E-state index contributed by atoms with van der Waals surface area (Å²) in [6.45, 7) is 10.1. The third-order valence-electron chi connectivity index (χ3n) is 14.8. The van der Waals surface area contributed by atoms with Gasteiger partial charge >= 0.3 is 0 Å². The Morgan fingerprint density at radius 3 is 1.74 bits per heavy atom. The lowest BCUT2D eigenvalue weighted by Crippen LogP contribution is -2.60. The molecule has 26 heteroatoms. The number of carbonyl (C=O) groups is 11. The summed E-state index contributed by atoms with van der Waals surface area (Å²) in [6.07, 6.45) is -1.28. The summed E-state index contributed by atoms with van der Waals surface area (Å²) >= 11 is 6.10. The SMILES string of the molecule is CC(=O)C(CCN)CC(=O)C(NC(=O)C(CCN)CC(=O)Cc1ccccc1Cl)C(C)O.CCCC1NC(=O)C(CC(C)C)NC(=O)C(Cc2ccccc2)NC(=O)C(CCN)NC(=O)C(NC)CCNC(=O)C(C(C)O)CC(=O)C(CCN)NC1=O. The minimum atomic E-state index is -1.24. The molecule has 2 aromatic rings. The predicted octanol–water partition coefficient (Wildman–Crippen LogP) is -0.554. The lowest BCUT2D eigenvalue weighted by Gasteiger charge is -2.28. The normalized spacial score (nSPS) is 22.2. The van der Waals surface area contributed by atoms with Gasteiger partial charge in [-0.1, -0.05) is 87.3 Å². The maximum atomic E-state index is 14.0. The second-order valence-corrected chi connectivity index (χ2v) is 23.0. The molecule has 1 saturated heterocycles. The Balaban J connectivity index is 0.000000684. The summed E-state index contributed by atoms with van der Waals surface area (Å²) in [6, 6.07) is 8.24. The monoisotopic (exact) mass is 1240 g/mol. The summed E-state index contributed by atoms with van der Waals surface area (Å²) < 4.78 is 0. The fourth-order valence-corrected chi connectivity index (χ4v) is 10.0. The zero-order valence-corrected chi connectivity index (χ0v) is 52.3. The zero-order valence-electron chi connectivity index (χ0n) is 51.5. The number of hydrogen-bond donors (Lipinski definition) is 14. The molecule has 87 heavy (non-hydrogen) atoms. The molecule has 0 saturated carbocycles. The van der Waals surface area contributed by atoms with Gasteiger partial charge in [0.1, 0.15) is 41.8 Å². The van der Waals surface area contributed by atoms with Gasteiger partial charge in [-0.05, 0) is 122 Å². The van der Waals surface area contributed by atoms with Gasteiger partial charge in [0, 0.05) is 55.5 Å². The first-order valence-electron chi connectivity index (χ1n) is 30.0. The summed E-state index contributed by atoms with van der Waals surface area (Å²) in [5.41, 5.74) is 24.1. The number of nitrogens with two attached hydrogens (primary N) is 4. The molecule has 25 nitrogen and oxygen atoms in total. The van der Waals surface area contributed by atoms with Gasteiger partial charge < -0.3 is 75.7 Å². The van der Waals surface area contributed by atoms with E-state index in [4.69, 9.17) is 34.5 Å². The molecule has 12 unspecified atom stereocenters. The van der Waals surface area contributed by atoms with E-state index in [0.29, 0.717) is 23.4 Å². The third-order valence-corrected chi connectivity index (χ3v) is 15.2. The van der Waals surface area contributed by atoms with Gasteiger partial charge in [-0.3, -0.25) is 52.7 Å². The lowest BCUT2D eigenvalue weighted by atomic mass is 9.90. The van der Waals surface area contributed by atoms with Gasteiger partial charge in [0.25, 0.3) is 0 Å². The largest absolute Gasteiger partial charge is 0.393 e. The molecule has 1 heterocycles. The molecule has 1 fully saturated rings. The fraction of sp³-hybridized carbons (Fsp3) is 0.623. The van der Waals surface area contributed by atoms with Crippen LogP contribution >= 0.6 is 11.6 Å². The maximum absolute atomic E-state index is 14.0. The molecule has 2 aromatic carbocycles. The minimum Gasteiger partial charge on any atom is -0.393 e. The molecule has 486 valence electrons. The van der Waals surface area contributed by atoms with Crippen LogP contribution in [0.4, 0.5) is 0 Å². The van der Waals surface area contributed by atoms with Gasteiger partial charge in [0.05, 0.1) is 30.2 Å². The number of rotatable bonds is 27. The Hall–Kier alpha value is -6.58. The van der Waals surface area contributed by atoms with Crippen molar-refractivity contribution >= 4 is 76.1 Å². The van der Waals surface area contributed by atoms with Crippen LogP contribution in [0.15, 0.2) is 54.6 Å². The molecular formula is C61H97ClN12O13. The van der Waals surface area contributed by atoms with Crippen LogP contribution in [0.3, 0.4) is 0 Å². The average molecular weight is 1240 g/mol. The second-order valence-electron chi connectivity index (χ2n) is 22.6. The van der Waals surface area contributed by atoms with Crippen LogP contribution in [-0.2, 0) is 65.6 Å². The van der Waals surface area contributed by atoms with Crippen LogP contribution in [0.2, 0.25) is 5.02 Å². The third kappa shape index (κ3) is 27.6. The van der Waals surface area contributed by atoms with Crippen LogP contribution < -0.4 is 65.5 Å². The summed E-state index contributed by atoms with van der Waals surface area (Å²) in [5.74, 6) is -8.29. The number of Topliss-reactive ketones (excluding diaryl/α,β-unsaturated/α-hetero) is 4. The maximum Gasteiger partial charge on any atom is 0.243 e. The smallest absolute Gasteiger partial charge is 0.243 e. The van der Waals surface area contributed by atoms with Gasteiger partial charge in [-0.2, -0.15) is 0 Å². The van der Waals surface area contributed by atoms with Crippen molar-refractivity contribution in [1.29, 1.82) is 0 Å². The number of nitrogens with one attached hydrogen (secondary N) is 8. The quantitative estimate of drug-likeness (QED) is 0.0533. The topological polar surface area (TPSA) is 429 Å². The van der Waals surface area contributed by atoms with Gasteiger partial charge in [0.15, 0.2) is 11.6 Å². The zero-order chi connectivity index (χ0) is 65.3. The van der Waals surface area contributed by atoms with E-state index in [1.807, 2.05) is 26.8 Å². The van der Waals surface area contributed by atoms with Gasteiger partial charge in [0.2, 0.25) is 41.4 Å². The van der Waals surface area contributed by atoms with Gasteiger partial charge in [-0.15, -0.1) is 0 Å². The summed E-state index contributed by atoms with van der Waals surface area (Å²) in [7, 11) is 1.54. The molecular weight excluding hydrogens is 1140 g/mol. The van der Waals surface area contributed by atoms with Crippen molar-refractivity contribution < 1.29 is 63.0 Å². The molecule has 18 N–H and O–H groups in total. The molecule has 12 atom stereocenters. The number of amides is 7. The Morgan fingerprint density at radius 1 is 0.655 bits per heavy atom. The number of halogens is 1. The van der Waals surface area contributed by atoms with E-state index in [2.05, 4.69) is 42.5 Å². The van der Waals surface area contributed by atoms with Crippen LogP contribution in [0.1, 0.15) is 123 Å². The molecule has 0 spiro atoms.